The van der Waals surface area contributed by atoms with Gasteiger partial charge in [0.15, 0.2) is 0 Å². The summed E-state index contributed by atoms with van der Waals surface area (Å²) in [5.74, 6) is 0.797. The van der Waals surface area contributed by atoms with E-state index in [4.69, 9.17) is 16.3 Å². The van der Waals surface area contributed by atoms with Crippen LogP contribution in [-0.4, -0.2) is 7.05 Å². The first-order chi connectivity index (χ1) is 9.65. The van der Waals surface area contributed by atoms with Crippen LogP contribution < -0.4 is 10.1 Å². The van der Waals surface area contributed by atoms with Crippen molar-refractivity contribution < 1.29 is 9.13 Å². The average molecular weight is 294 g/mol. The van der Waals surface area contributed by atoms with Crippen LogP contribution in [0, 0.1) is 5.82 Å². The molecule has 0 spiro atoms. The maximum Gasteiger partial charge on any atom is 0.146 e. The third-order valence-corrected chi connectivity index (χ3v) is 3.46. The number of benzene rings is 2. The summed E-state index contributed by atoms with van der Waals surface area (Å²) in [4.78, 5) is 0. The van der Waals surface area contributed by atoms with Crippen molar-refractivity contribution in [3.05, 3.63) is 58.9 Å². The van der Waals surface area contributed by atoms with Crippen molar-refractivity contribution >= 4 is 11.6 Å². The molecule has 0 aliphatic rings. The molecule has 1 atom stereocenters. The zero-order valence-corrected chi connectivity index (χ0v) is 12.2. The van der Waals surface area contributed by atoms with Gasteiger partial charge in [-0.1, -0.05) is 36.7 Å². The average Bonchev–Trinajstić information content (AvgIpc) is 2.45. The first-order valence-corrected chi connectivity index (χ1v) is 6.92. The van der Waals surface area contributed by atoms with Crippen molar-refractivity contribution in [1.82, 2.24) is 5.32 Å². The molecule has 0 saturated carbocycles. The zero-order valence-electron chi connectivity index (χ0n) is 11.5. The molecule has 2 rings (SSSR count). The lowest BCUT2D eigenvalue weighted by Crippen LogP contribution is -2.15. The molecule has 0 bridgehead atoms. The van der Waals surface area contributed by atoms with E-state index < -0.39 is 0 Å². The summed E-state index contributed by atoms with van der Waals surface area (Å²) in [6.07, 6.45) is 0.939. The molecule has 1 N–H and O–H groups in total. The van der Waals surface area contributed by atoms with Crippen molar-refractivity contribution in [3.63, 3.8) is 0 Å². The number of ether oxygens (including phenoxy) is 1. The van der Waals surface area contributed by atoms with Gasteiger partial charge in [0.1, 0.15) is 17.3 Å². The molecule has 0 saturated heterocycles. The standard InChI is InChI=1S/C16H17ClFNO/c1-3-14(19-2)12-6-4-5-7-15(12)20-16-9-8-11(18)10-13(16)17/h4-10,14,19H,3H2,1-2H3. The van der Waals surface area contributed by atoms with Crippen LogP contribution >= 0.6 is 11.6 Å². The molecule has 0 radical (unpaired) electrons. The quantitative estimate of drug-likeness (QED) is 0.843. The summed E-state index contributed by atoms with van der Waals surface area (Å²) in [6.45, 7) is 2.10. The molecule has 0 heterocycles. The van der Waals surface area contributed by atoms with E-state index in [-0.39, 0.29) is 16.9 Å². The van der Waals surface area contributed by atoms with Crippen LogP contribution in [0.15, 0.2) is 42.5 Å². The smallest absolute Gasteiger partial charge is 0.146 e. The van der Waals surface area contributed by atoms with Gasteiger partial charge in [-0.15, -0.1) is 0 Å². The molecule has 0 aliphatic carbocycles. The minimum absolute atomic E-state index is 0.199. The van der Waals surface area contributed by atoms with Gasteiger partial charge >= 0.3 is 0 Å². The van der Waals surface area contributed by atoms with Crippen molar-refractivity contribution in [2.24, 2.45) is 0 Å². The molecule has 2 nitrogen and oxygen atoms in total. The second-order valence-electron chi connectivity index (χ2n) is 4.46. The van der Waals surface area contributed by atoms with E-state index in [1.54, 1.807) is 0 Å². The Balaban J connectivity index is 2.33. The van der Waals surface area contributed by atoms with Crippen molar-refractivity contribution in [3.8, 4) is 11.5 Å². The molecule has 1 unspecified atom stereocenters. The van der Waals surface area contributed by atoms with Crippen LogP contribution in [0.5, 0.6) is 11.5 Å². The molecule has 20 heavy (non-hydrogen) atoms. The van der Waals surface area contributed by atoms with Crippen molar-refractivity contribution in [2.45, 2.75) is 19.4 Å². The Morgan fingerprint density at radius 1 is 1.20 bits per heavy atom. The SMILES string of the molecule is CCC(NC)c1ccccc1Oc1ccc(F)cc1Cl. The molecule has 0 fully saturated rings. The molecule has 106 valence electrons. The molecular weight excluding hydrogens is 277 g/mol. The Morgan fingerprint density at radius 3 is 2.60 bits per heavy atom. The highest BCUT2D eigenvalue weighted by Crippen LogP contribution is 2.34. The van der Waals surface area contributed by atoms with Gasteiger partial charge in [-0.25, -0.2) is 4.39 Å². The Bertz CT molecular complexity index is 584. The van der Waals surface area contributed by atoms with Gasteiger partial charge in [0.25, 0.3) is 0 Å². The third-order valence-electron chi connectivity index (χ3n) is 3.16. The molecule has 2 aromatic carbocycles. The summed E-state index contributed by atoms with van der Waals surface area (Å²) in [5.41, 5.74) is 1.05. The van der Waals surface area contributed by atoms with Gasteiger partial charge in [0.2, 0.25) is 0 Å². The first kappa shape index (κ1) is 14.8. The first-order valence-electron chi connectivity index (χ1n) is 6.54. The Hall–Kier alpha value is -1.58. The molecule has 4 heteroatoms. The predicted octanol–water partition coefficient (Wildman–Crippen LogP) is 4.94. The predicted molar refractivity (Wildman–Crippen MR) is 80.0 cm³/mol. The number of para-hydroxylation sites is 1. The minimum Gasteiger partial charge on any atom is -0.455 e. The summed E-state index contributed by atoms with van der Waals surface area (Å²) < 4.78 is 18.9. The number of nitrogens with one attached hydrogen (secondary N) is 1. The number of hydrogen-bond acceptors (Lipinski definition) is 2. The van der Waals surface area contributed by atoms with E-state index in [1.807, 2.05) is 31.3 Å². The van der Waals surface area contributed by atoms with E-state index in [0.717, 1.165) is 17.7 Å². The largest absolute Gasteiger partial charge is 0.455 e. The highest BCUT2D eigenvalue weighted by Gasteiger charge is 2.14. The molecule has 0 aliphatic heterocycles. The second-order valence-corrected chi connectivity index (χ2v) is 4.87. The zero-order chi connectivity index (χ0) is 14.5. The summed E-state index contributed by atoms with van der Waals surface area (Å²) in [6, 6.07) is 12.1. The van der Waals surface area contributed by atoms with Gasteiger partial charge in [-0.3, -0.25) is 0 Å². The summed E-state index contributed by atoms with van der Waals surface area (Å²) in [5, 5.41) is 3.51. The monoisotopic (exact) mass is 293 g/mol. The van der Waals surface area contributed by atoms with E-state index in [0.29, 0.717) is 5.75 Å². The van der Waals surface area contributed by atoms with Crippen LogP contribution in [0.2, 0.25) is 5.02 Å². The van der Waals surface area contributed by atoms with E-state index in [1.165, 1.54) is 18.2 Å². The number of rotatable bonds is 5. The Labute approximate surface area is 123 Å². The minimum atomic E-state index is -0.378. The lowest BCUT2D eigenvalue weighted by Gasteiger charge is -2.19. The fourth-order valence-electron chi connectivity index (χ4n) is 2.12. The van der Waals surface area contributed by atoms with Crippen LogP contribution in [0.1, 0.15) is 24.9 Å². The fourth-order valence-corrected chi connectivity index (χ4v) is 2.32. The molecule has 0 aromatic heterocycles. The van der Waals surface area contributed by atoms with Gasteiger partial charge in [-0.2, -0.15) is 0 Å². The van der Waals surface area contributed by atoms with Gasteiger partial charge in [0.05, 0.1) is 5.02 Å². The van der Waals surface area contributed by atoms with Gasteiger partial charge < -0.3 is 10.1 Å². The normalized spacial score (nSPS) is 12.2. The van der Waals surface area contributed by atoms with Crippen LogP contribution in [0.4, 0.5) is 4.39 Å². The number of halogens is 2. The second kappa shape index (κ2) is 6.73. The summed E-state index contributed by atoms with van der Waals surface area (Å²) >= 11 is 6.00. The van der Waals surface area contributed by atoms with E-state index in [2.05, 4.69) is 12.2 Å². The van der Waals surface area contributed by atoms with Crippen molar-refractivity contribution in [1.29, 1.82) is 0 Å². The lowest BCUT2D eigenvalue weighted by molar-refractivity contribution is 0.457. The highest BCUT2D eigenvalue weighted by atomic mass is 35.5. The maximum absolute atomic E-state index is 13.1. The van der Waals surface area contributed by atoms with Gasteiger partial charge in [0, 0.05) is 11.6 Å². The molecular formula is C16H17ClFNO. The highest BCUT2D eigenvalue weighted by molar-refractivity contribution is 6.32. The Morgan fingerprint density at radius 2 is 1.95 bits per heavy atom. The topological polar surface area (TPSA) is 21.3 Å². The maximum atomic E-state index is 13.1. The van der Waals surface area contributed by atoms with Gasteiger partial charge in [-0.05, 0) is 37.7 Å². The molecule has 0 amide bonds. The van der Waals surface area contributed by atoms with Crippen LogP contribution in [-0.2, 0) is 0 Å². The molecule has 2 aromatic rings. The van der Waals surface area contributed by atoms with Crippen LogP contribution in [0.25, 0.3) is 0 Å². The lowest BCUT2D eigenvalue weighted by atomic mass is 10.0. The summed E-state index contributed by atoms with van der Waals surface area (Å²) in [7, 11) is 1.91. The Kier molecular flexibility index (Phi) is 4.99. The van der Waals surface area contributed by atoms with E-state index >= 15 is 0 Å². The number of hydrogen-bond donors (Lipinski definition) is 1. The fraction of sp³-hybridized carbons (Fsp3) is 0.250. The third kappa shape index (κ3) is 3.30. The van der Waals surface area contributed by atoms with E-state index in [9.17, 15) is 4.39 Å². The van der Waals surface area contributed by atoms with Crippen LogP contribution in [0.3, 0.4) is 0 Å². The van der Waals surface area contributed by atoms with Crippen molar-refractivity contribution in [2.75, 3.05) is 7.05 Å².